The first kappa shape index (κ1) is 17.2. The number of guanidine groups is 1. The Bertz CT molecular complexity index is 541. The van der Waals surface area contributed by atoms with Crippen LogP contribution in [-0.4, -0.2) is 45.8 Å². The van der Waals surface area contributed by atoms with Gasteiger partial charge in [0.2, 0.25) is 0 Å². The third kappa shape index (κ3) is 3.90. The number of hydrogen-bond acceptors (Lipinski definition) is 3. The Balaban J connectivity index is 1.62. The van der Waals surface area contributed by atoms with Crippen LogP contribution in [0.25, 0.3) is 0 Å². The van der Waals surface area contributed by atoms with Crippen LogP contribution < -0.4 is 5.32 Å². The highest BCUT2D eigenvalue weighted by molar-refractivity contribution is 5.80. The fourth-order valence-corrected chi connectivity index (χ4v) is 4.45. The van der Waals surface area contributed by atoms with Gasteiger partial charge < -0.3 is 14.8 Å². The summed E-state index contributed by atoms with van der Waals surface area (Å²) in [5, 5.41) is 11.7. The quantitative estimate of drug-likeness (QED) is 0.683. The molecule has 0 atom stereocenters. The smallest absolute Gasteiger partial charge is 0.194 e. The summed E-state index contributed by atoms with van der Waals surface area (Å²) in [5.41, 5.74) is 0.524. The average molecular weight is 332 g/mol. The predicted molar refractivity (Wildman–Crippen MR) is 96.8 cm³/mol. The SMILES string of the molecule is CCn1cnnc1CNC(=NC)N1CCCC2(CCCCCC2)C1. The molecule has 1 saturated heterocycles. The van der Waals surface area contributed by atoms with Crippen LogP contribution in [0.3, 0.4) is 0 Å². The van der Waals surface area contributed by atoms with Crippen molar-refractivity contribution in [1.82, 2.24) is 25.0 Å². The minimum Gasteiger partial charge on any atom is -0.349 e. The molecular formula is C18H32N6. The highest BCUT2D eigenvalue weighted by Crippen LogP contribution is 2.42. The lowest BCUT2D eigenvalue weighted by atomic mass is 9.74. The first-order valence-electron chi connectivity index (χ1n) is 9.59. The Morgan fingerprint density at radius 2 is 1.96 bits per heavy atom. The van der Waals surface area contributed by atoms with Crippen LogP contribution in [0.1, 0.15) is 64.1 Å². The highest BCUT2D eigenvalue weighted by Gasteiger charge is 2.36. The lowest BCUT2D eigenvalue weighted by Crippen LogP contribution is -2.50. The molecule has 0 unspecified atom stereocenters. The molecule has 1 aromatic rings. The summed E-state index contributed by atoms with van der Waals surface area (Å²) in [5.74, 6) is 1.99. The number of aliphatic imine (C=N–C) groups is 1. The fraction of sp³-hybridized carbons (Fsp3) is 0.833. The number of aromatic nitrogens is 3. The Hall–Kier alpha value is -1.59. The van der Waals surface area contributed by atoms with Crippen molar-refractivity contribution in [2.45, 2.75) is 71.4 Å². The Kier molecular flexibility index (Phi) is 5.74. The molecule has 24 heavy (non-hydrogen) atoms. The molecule has 6 nitrogen and oxygen atoms in total. The molecule has 0 bridgehead atoms. The van der Waals surface area contributed by atoms with E-state index in [-0.39, 0.29) is 0 Å². The maximum Gasteiger partial charge on any atom is 0.194 e. The monoisotopic (exact) mass is 332 g/mol. The second kappa shape index (κ2) is 7.99. The van der Waals surface area contributed by atoms with Gasteiger partial charge in [-0.3, -0.25) is 4.99 Å². The van der Waals surface area contributed by atoms with E-state index in [4.69, 9.17) is 0 Å². The van der Waals surface area contributed by atoms with Gasteiger partial charge in [0, 0.05) is 26.7 Å². The molecule has 0 aromatic carbocycles. The molecule has 6 heteroatoms. The first-order chi connectivity index (χ1) is 11.8. The van der Waals surface area contributed by atoms with E-state index in [9.17, 15) is 0 Å². The molecule has 1 aliphatic heterocycles. The fourth-order valence-electron chi connectivity index (χ4n) is 4.45. The van der Waals surface area contributed by atoms with Crippen molar-refractivity contribution in [2.75, 3.05) is 20.1 Å². The van der Waals surface area contributed by atoms with Gasteiger partial charge >= 0.3 is 0 Å². The van der Waals surface area contributed by atoms with Gasteiger partial charge in [-0.05, 0) is 38.0 Å². The van der Waals surface area contributed by atoms with Crippen LogP contribution in [0.5, 0.6) is 0 Å². The molecule has 2 aliphatic rings. The van der Waals surface area contributed by atoms with Gasteiger partial charge in [0.15, 0.2) is 11.8 Å². The summed E-state index contributed by atoms with van der Waals surface area (Å²) < 4.78 is 2.07. The minimum atomic E-state index is 0.524. The van der Waals surface area contributed by atoms with E-state index in [1.54, 1.807) is 6.33 Å². The topological polar surface area (TPSA) is 58.3 Å². The van der Waals surface area contributed by atoms with Gasteiger partial charge in [-0.1, -0.05) is 25.7 Å². The van der Waals surface area contributed by atoms with Crippen molar-refractivity contribution >= 4 is 5.96 Å². The number of nitrogens with one attached hydrogen (secondary N) is 1. The van der Waals surface area contributed by atoms with Crippen molar-refractivity contribution in [3.8, 4) is 0 Å². The van der Waals surface area contributed by atoms with Gasteiger partial charge in [-0.15, -0.1) is 10.2 Å². The summed E-state index contributed by atoms with van der Waals surface area (Å²) in [6.45, 7) is 5.97. The van der Waals surface area contributed by atoms with Crippen LogP contribution in [0.15, 0.2) is 11.3 Å². The van der Waals surface area contributed by atoms with Crippen molar-refractivity contribution in [2.24, 2.45) is 10.4 Å². The van der Waals surface area contributed by atoms with Crippen LogP contribution in [0, 0.1) is 5.41 Å². The van der Waals surface area contributed by atoms with Crippen molar-refractivity contribution in [1.29, 1.82) is 0 Å². The number of likely N-dealkylation sites (tertiary alicyclic amines) is 1. The molecule has 1 aromatic heterocycles. The van der Waals surface area contributed by atoms with E-state index >= 15 is 0 Å². The summed E-state index contributed by atoms with van der Waals surface area (Å²) in [7, 11) is 1.89. The third-order valence-electron chi connectivity index (χ3n) is 5.78. The second-order valence-corrected chi connectivity index (χ2v) is 7.37. The Morgan fingerprint density at radius 3 is 2.67 bits per heavy atom. The number of rotatable bonds is 3. The zero-order chi connectivity index (χ0) is 16.8. The minimum absolute atomic E-state index is 0.524. The van der Waals surface area contributed by atoms with E-state index in [1.807, 2.05) is 7.05 Å². The molecule has 0 amide bonds. The van der Waals surface area contributed by atoms with Crippen LogP contribution in [-0.2, 0) is 13.1 Å². The van der Waals surface area contributed by atoms with Gasteiger partial charge in [0.1, 0.15) is 6.33 Å². The van der Waals surface area contributed by atoms with Crippen LogP contribution in [0.2, 0.25) is 0 Å². The number of aryl methyl sites for hydroxylation is 1. The largest absolute Gasteiger partial charge is 0.349 e. The van der Waals surface area contributed by atoms with E-state index in [1.165, 1.54) is 51.4 Å². The summed E-state index contributed by atoms with van der Waals surface area (Å²) in [6.07, 6.45) is 12.9. The average Bonchev–Trinajstić information content (AvgIpc) is 2.95. The maximum absolute atomic E-state index is 4.54. The highest BCUT2D eigenvalue weighted by atomic mass is 15.3. The second-order valence-electron chi connectivity index (χ2n) is 7.37. The molecular weight excluding hydrogens is 300 g/mol. The summed E-state index contributed by atoms with van der Waals surface area (Å²) in [4.78, 5) is 7.02. The molecule has 0 radical (unpaired) electrons. The molecule has 1 N–H and O–H groups in total. The van der Waals surface area contributed by atoms with Gasteiger partial charge in [-0.2, -0.15) is 0 Å². The molecule has 2 heterocycles. The zero-order valence-corrected chi connectivity index (χ0v) is 15.3. The normalized spacial score (nSPS) is 21.8. The Labute approximate surface area is 145 Å². The summed E-state index contributed by atoms with van der Waals surface area (Å²) in [6, 6.07) is 0. The molecule has 1 spiro atoms. The molecule has 3 rings (SSSR count). The lowest BCUT2D eigenvalue weighted by molar-refractivity contribution is 0.115. The van der Waals surface area contributed by atoms with E-state index in [0.717, 1.165) is 31.4 Å². The van der Waals surface area contributed by atoms with Gasteiger partial charge in [0.05, 0.1) is 6.54 Å². The number of nitrogens with zero attached hydrogens (tertiary/aromatic N) is 5. The zero-order valence-electron chi connectivity index (χ0n) is 15.3. The van der Waals surface area contributed by atoms with Crippen molar-refractivity contribution in [3.63, 3.8) is 0 Å². The molecule has 134 valence electrons. The number of piperidine rings is 1. The van der Waals surface area contributed by atoms with Gasteiger partial charge in [-0.25, -0.2) is 0 Å². The maximum atomic E-state index is 4.54. The third-order valence-corrected chi connectivity index (χ3v) is 5.78. The van der Waals surface area contributed by atoms with Crippen molar-refractivity contribution < 1.29 is 0 Å². The molecule has 1 saturated carbocycles. The van der Waals surface area contributed by atoms with Crippen LogP contribution in [0.4, 0.5) is 0 Å². The molecule has 1 aliphatic carbocycles. The lowest BCUT2D eigenvalue weighted by Gasteiger charge is -2.44. The predicted octanol–water partition coefficient (Wildman–Crippen LogP) is 2.81. The first-order valence-corrected chi connectivity index (χ1v) is 9.59. The van der Waals surface area contributed by atoms with Crippen molar-refractivity contribution in [3.05, 3.63) is 12.2 Å². The Morgan fingerprint density at radius 1 is 1.21 bits per heavy atom. The van der Waals surface area contributed by atoms with E-state index in [0.29, 0.717) is 12.0 Å². The van der Waals surface area contributed by atoms with Gasteiger partial charge in [0.25, 0.3) is 0 Å². The number of hydrogen-bond donors (Lipinski definition) is 1. The standard InChI is InChI=1S/C18H32N6/c1-3-23-15-21-22-16(23)13-20-17(19-2)24-12-8-11-18(14-24)9-6-4-5-7-10-18/h15H,3-14H2,1-2H3,(H,19,20). The molecule has 2 fully saturated rings. The van der Waals surface area contributed by atoms with Crippen LogP contribution >= 0.6 is 0 Å². The van der Waals surface area contributed by atoms with E-state index < -0.39 is 0 Å². The van der Waals surface area contributed by atoms with E-state index in [2.05, 4.69) is 36.9 Å². The summed E-state index contributed by atoms with van der Waals surface area (Å²) >= 11 is 0.